The number of carboxylic acid groups (broad SMARTS) is 1. The molecule has 1 saturated heterocycles. The maximum atomic E-state index is 12.0. The van der Waals surface area contributed by atoms with E-state index in [9.17, 15) is 9.18 Å². The number of likely N-dealkylation sites (tertiary alicyclic amines) is 1. The molecule has 0 spiro atoms. The van der Waals surface area contributed by atoms with Gasteiger partial charge in [-0.05, 0) is 25.3 Å². The van der Waals surface area contributed by atoms with Crippen molar-refractivity contribution in [3.8, 4) is 0 Å². The average molecular weight is 189 g/mol. The summed E-state index contributed by atoms with van der Waals surface area (Å²) in [5.74, 6) is -0.272. The summed E-state index contributed by atoms with van der Waals surface area (Å²) in [6, 6.07) is 0. The number of aliphatic carboxylic acids is 1. The number of nitrogens with zero attached hydrogens (tertiary/aromatic N) is 1. The molecule has 0 aromatic rings. The second kappa shape index (κ2) is 5.17. The molecule has 1 fully saturated rings. The first-order valence-corrected chi connectivity index (χ1v) is 4.72. The number of carboxylic acids is 1. The van der Waals surface area contributed by atoms with Crippen molar-refractivity contribution in [2.24, 2.45) is 5.92 Å². The monoisotopic (exact) mass is 189 g/mol. The van der Waals surface area contributed by atoms with Crippen LogP contribution in [0.4, 0.5) is 4.39 Å². The topological polar surface area (TPSA) is 40.5 Å². The third-order valence-electron chi connectivity index (χ3n) is 2.54. The Kier molecular flexibility index (Phi) is 4.15. The van der Waals surface area contributed by atoms with Crippen LogP contribution in [0.5, 0.6) is 0 Å². The Balaban J connectivity index is 2.13. The summed E-state index contributed by atoms with van der Waals surface area (Å²) < 4.78 is 12.0. The second-order valence-corrected chi connectivity index (χ2v) is 3.58. The van der Waals surface area contributed by atoms with Crippen molar-refractivity contribution < 1.29 is 14.3 Å². The van der Waals surface area contributed by atoms with Crippen LogP contribution in [0.1, 0.15) is 19.3 Å². The molecule has 1 N–H and O–H groups in total. The van der Waals surface area contributed by atoms with Crippen LogP contribution in [0.3, 0.4) is 0 Å². The van der Waals surface area contributed by atoms with E-state index in [0.717, 1.165) is 25.9 Å². The number of hydrogen-bond acceptors (Lipinski definition) is 2. The van der Waals surface area contributed by atoms with E-state index in [1.165, 1.54) is 0 Å². The lowest BCUT2D eigenvalue weighted by molar-refractivity contribution is -0.137. The molecular formula is C9H16FNO2. The molecule has 1 aliphatic rings. The fourth-order valence-corrected chi connectivity index (χ4v) is 1.80. The fraction of sp³-hybridized carbons (Fsp3) is 0.889. The van der Waals surface area contributed by atoms with Gasteiger partial charge in [-0.15, -0.1) is 0 Å². The molecule has 1 atom stereocenters. The molecule has 3 nitrogen and oxygen atoms in total. The molecule has 0 aliphatic carbocycles. The third-order valence-corrected chi connectivity index (χ3v) is 2.54. The van der Waals surface area contributed by atoms with Gasteiger partial charge in [0.25, 0.3) is 0 Å². The van der Waals surface area contributed by atoms with Gasteiger partial charge in [-0.2, -0.15) is 0 Å². The quantitative estimate of drug-likeness (QED) is 0.705. The van der Waals surface area contributed by atoms with Crippen LogP contribution in [-0.4, -0.2) is 42.3 Å². The van der Waals surface area contributed by atoms with Crippen LogP contribution < -0.4 is 0 Å². The summed E-state index contributed by atoms with van der Waals surface area (Å²) >= 11 is 0. The van der Waals surface area contributed by atoms with Gasteiger partial charge in [0, 0.05) is 19.5 Å². The second-order valence-electron chi connectivity index (χ2n) is 3.58. The van der Waals surface area contributed by atoms with E-state index in [4.69, 9.17) is 5.11 Å². The van der Waals surface area contributed by atoms with Gasteiger partial charge in [0.1, 0.15) is 6.67 Å². The van der Waals surface area contributed by atoms with Crippen molar-refractivity contribution >= 4 is 5.97 Å². The Labute approximate surface area is 77.5 Å². The molecule has 1 aliphatic heterocycles. The first-order valence-electron chi connectivity index (χ1n) is 4.72. The maximum absolute atomic E-state index is 12.0. The molecule has 1 heterocycles. The molecule has 13 heavy (non-hydrogen) atoms. The summed E-state index contributed by atoms with van der Waals surface area (Å²) in [6.07, 6.45) is 2.00. The van der Waals surface area contributed by atoms with Crippen LogP contribution in [0.15, 0.2) is 0 Å². The summed E-state index contributed by atoms with van der Waals surface area (Å²) in [6.45, 7) is 2.00. The van der Waals surface area contributed by atoms with Crippen LogP contribution in [0.2, 0.25) is 0 Å². The number of alkyl halides is 1. The normalized spacial score (nSPS) is 23.6. The van der Waals surface area contributed by atoms with Gasteiger partial charge in [0.05, 0.1) is 0 Å². The van der Waals surface area contributed by atoms with Crippen LogP contribution in [-0.2, 0) is 4.79 Å². The predicted molar refractivity (Wildman–Crippen MR) is 47.4 cm³/mol. The molecule has 0 aromatic carbocycles. The smallest absolute Gasteiger partial charge is 0.303 e. The lowest BCUT2D eigenvalue weighted by Gasteiger charge is -2.12. The van der Waals surface area contributed by atoms with Crippen molar-refractivity contribution in [2.45, 2.75) is 19.3 Å². The number of carbonyl (C=O) groups is 1. The van der Waals surface area contributed by atoms with Gasteiger partial charge in [-0.25, -0.2) is 4.39 Å². The standard InChI is InChI=1S/C9H16FNO2/c10-4-6-11-5-3-8(7-11)1-2-9(12)13/h8H,1-7H2,(H,12,13). The van der Waals surface area contributed by atoms with Crippen molar-refractivity contribution in [2.75, 3.05) is 26.3 Å². The zero-order valence-electron chi connectivity index (χ0n) is 7.71. The minimum Gasteiger partial charge on any atom is -0.481 e. The highest BCUT2D eigenvalue weighted by Gasteiger charge is 2.22. The third kappa shape index (κ3) is 3.72. The minimum atomic E-state index is -0.732. The first-order chi connectivity index (χ1) is 6.22. The Morgan fingerprint density at radius 3 is 3.00 bits per heavy atom. The van der Waals surface area contributed by atoms with E-state index in [1.807, 2.05) is 0 Å². The molecule has 0 radical (unpaired) electrons. The van der Waals surface area contributed by atoms with Crippen LogP contribution >= 0.6 is 0 Å². The summed E-state index contributed by atoms with van der Waals surface area (Å²) in [7, 11) is 0. The van der Waals surface area contributed by atoms with Crippen LogP contribution in [0.25, 0.3) is 0 Å². The predicted octanol–water partition coefficient (Wildman–Crippen LogP) is 1.14. The average Bonchev–Trinajstić information content (AvgIpc) is 2.50. The van der Waals surface area contributed by atoms with E-state index in [1.54, 1.807) is 0 Å². The van der Waals surface area contributed by atoms with E-state index < -0.39 is 5.97 Å². The summed E-state index contributed by atoms with van der Waals surface area (Å²) in [5.41, 5.74) is 0. The fourth-order valence-electron chi connectivity index (χ4n) is 1.80. The molecule has 76 valence electrons. The molecule has 1 rings (SSSR count). The van der Waals surface area contributed by atoms with Gasteiger partial charge < -0.3 is 10.0 Å². The minimum absolute atomic E-state index is 0.244. The largest absolute Gasteiger partial charge is 0.481 e. The molecule has 0 amide bonds. The Bertz CT molecular complexity index is 175. The summed E-state index contributed by atoms with van der Waals surface area (Å²) in [5, 5.41) is 8.47. The molecule has 0 bridgehead atoms. The van der Waals surface area contributed by atoms with Gasteiger partial charge in [-0.3, -0.25) is 4.79 Å². The van der Waals surface area contributed by atoms with Crippen molar-refractivity contribution in [1.82, 2.24) is 4.90 Å². The molecule has 4 heteroatoms. The molecule has 0 aromatic heterocycles. The van der Waals surface area contributed by atoms with Gasteiger partial charge in [0.15, 0.2) is 0 Å². The lowest BCUT2D eigenvalue weighted by atomic mass is 10.0. The molecule has 1 unspecified atom stereocenters. The van der Waals surface area contributed by atoms with Crippen molar-refractivity contribution in [1.29, 1.82) is 0 Å². The van der Waals surface area contributed by atoms with Crippen molar-refractivity contribution in [3.63, 3.8) is 0 Å². The number of halogens is 1. The highest BCUT2D eigenvalue weighted by molar-refractivity contribution is 5.66. The number of hydrogen-bond donors (Lipinski definition) is 1. The van der Waals surface area contributed by atoms with E-state index in [-0.39, 0.29) is 13.1 Å². The highest BCUT2D eigenvalue weighted by atomic mass is 19.1. The molecular weight excluding hydrogens is 173 g/mol. The van der Waals surface area contributed by atoms with Crippen molar-refractivity contribution in [3.05, 3.63) is 0 Å². The SMILES string of the molecule is O=C(O)CCC1CCN(CCF)C1. The first kappa shape index (κ1) is 10.4. The zero-order chi connectivity index (χ0) is 9.68. The van der Waals surface area contributed by atoms with Gasteiger partial charge >= 0.3 is 5.97 Å². The Morgan fingerprint density at radius 1 is 1.62 bits per heavy atom. The van der Waals surface area contributed by atoms with Crippen LogP contribution in [0, 0.1) is 5.92 Å². The van der Waals surface area contributed by atoms with Gasteiger partial charge in [0.2, 0.25) is 0 Å². The van der Waals surface area contributed by atoms with E-state index in [0.29, 0.717) is 12.5 Å². The Hall–Kier alpha value is -0.640. The number of rotatable bonds is 5. The zero-order valence-corrected chi connectivity index (χ0v) is 7.71. The van der Waals surface area contributed by atoms with Gasteiger partial charge in [-0.1, -0.05) is 0 Å². The Morgan fingerprint density at radius 2 is 2.38 bits per heavy atom. The highest BCUT2D eigenvalue weighted by Crippen LogP contribution is 2.20. The maximum Gasteiger partial charge on any atom is 0.303 e. The lowest BCUT2D eigenvalue weighted by Crippen LogP contribution is -2.23. The van der Waals surface area contributed by atoms with E-state index in [2.05, 4.69) is 4.90 Å². The molecule has 0 saturated carbocycles. The van der Waals surface area contributed by atoms with E-state index >= 15 is 0 Å². The summed E-state index contributed by atoms with van der Waals surface area (Å²) in [4.78, 5) is 12.4.